The largest absolute Gasteiger partial charge is 0.382 e. The summed E-state index contributed by atoms with van der Waals surface area (Å²) in [5.74, 6) is 0.374. The minimum absolute atomic E-state index is 0.374. The summed E-state index contributed by atoms with van der Waals surface area (Å²) in [4.78, 5) is 12.1. The van der Waals surface area contributed by atoms with Crippen molar-refractivity contribution < 1.29 is 4.74 Å². The summed E-state index contributed by atoms with van der Waals surface area (Å²) < 4.78 is 7.13. The zero-order chi connectivity index (χ0) is 12.1. The maximum Gasteiger partial charge on any atom is 0.165 e. The molecule has 7 nitrogen and oxygen atoms in total. The number of aromatic nitrogens is 4. The van der Waals surface area contributed by atoms with Gasteiger partial charge in [0.05, 0.1) is 32.0 Å². The zero-order valence-electron chi connectivity index (χ0n) is 9.20. The summed E-state index contributed by atoms with van der Waals surface area (Å²) in [7, 11) is 0. The van der Waals surface area contributed by atoms with Gasteiger partial charge in [0, 0.05) is 6.54 Å². The van der Waals surface area contributed by atoms with E-state index in [0.29, 0.717) is 43.2 Å². The fourth-order valence-corrected chi connectivity index (χ4v) is 1.45. The first-order chi connectivity index (χ1) is 8.33. The topological polar surface area (TPSA) is 103 Å². The fourth-order valence-electron chi connectivity index (χ4n) is 1.45. The third-order valence-corrected chi connectivity index (χ3v) is 2.26. The number of nitrogens with two attached hydrogens (primary N) is 1. The molecule has 0 bridgehead atoms. The lowest BCUT2D eigenvalue weighted by Crippen LogP contribution is -2.06. The smallest absolute Gasteiger partial charge is 0.165 e. The van der Waals surface area contributed by atoms with Crippen LogP contribution in [0.3, 0.4) is 0 Å². The summed E-state index contributed by atoms with van der Waals surface area (Å²) in [5.41, 5.74) is 6.97. The molecule has 2 rings (SSSR count). The lowest BCUT2D eigenvalue weighted by Gasteiger charge is -2.03. The number of nitriles is 1. The highest BCUT2D eigenvalue weighted by atomic mass is 16.5. The Morgan fingerprint density at radius 2 is 2.24 bits per heavy atom. The number of ether oxygens (including phenoxy) is 1. The van der Waals surface area contributed by atoms with E-state index in [1.807, 2.05) is 10.6 Å². The Kier molecular flexibility index (Phi) is 3.47. The first-order valence-corrected chi connectivity index (χ1v) is 5.19. The minimum atomic E-state index is 0.374. The van der Waals surface area contributed by atoms with Gasteiger partial charge in [-0.1, -0.05) is 0 Å². The normalized spacial score (nSPS) is 10.5. The molecule has 88 valence electrons. The van der Waals surface area contributed by atoms with Crippen LogP contribution in [0.1, 0.15) is 6.42 Å². The number of hydrogen-bond acceptors (Lipinski definition) is 6. The minimum Gasteiger partial charge on any atom is -0.382 e. The van der Waals surface area contributed by atoms with Crippen molar-refractivity contribution in [3.8, 4) is 6.07 Å². The number of anilines is 1. The molecule has 2 N–H and O–H groups in total. The van der Waals surface area contributed by atoms with Crippen molar-refractivity contribution in [1.29, 1.82) is 5.26 Å². The van der Waals surface area contributed by atoms with Gasteiger partial charge in [-0.2, -0.15) is 5.26 Å². The monoisotopic (exact) mass is 232 g/mol. The molecule has 17 heavy (non-hydrogen) atoms. The molecule has 7 heteroatoms. The molecule has 2 aromatic heterocycles. The van der Waals surface area contributed by atoms with E-state index in [9.17, 15) is 0 Å². The highest BCUT2D eigenvalue weighted by Gasteiger charge is 2.06. The second-order valence-corrected chi connectivity index (χ2v) is 3.39. The second kappa shape index (κ2) is 5.23. The molecular formula is C10H12N6O. The van der Waals surface area contributed by atoms with Crippen molar-refractivity contribution >= 4 is 17.0 Å². The number of nitrogens with zero attached hydrogens (tertiary/aromatic N) is 5. The standard InChI is InChI=1S/C10H12N6O/c11-2-1-4-17-5-3-16-7-15-8-9(12)13-6-14-10(8)16/h6-7H,1,3-5H2,(H2,12,13,14). The SMILES string of the molecule is N#CCCOCCn1cnc2c(N)ncnc21. The van der Waals surface area contributed by atoms with Crippen LogP contribution < -0.4 is 5.73 Å². The van der Waals surface area contributed by atoms with Gasteiger partial charge in [-0.15, -0.1) is 0 Å². The molecule has 0 saturated heterocycles. The fraction of sp³-hybridized carbons (Fsp3) is 0.400. The Bertz CT molecular complexity index is 543. The molecule has 0 amide bonds. The van der Waals surface area contributed by atoms with Crippen molar-refractivity contribution in [2.75, 3.05) is 18.9 Å². The molecule has 0 aliphatic heterocycles. The Hall–Kier alpha value is -2.20. The van der Waals surface area contributed by atoms with Crippen molar-refractivity contribution in [1.82, 2.24) is 19.5 Å². The molecule has 0 aromatic carbocycles. The molecule has 2 aromatic rings. The molecule has 0 fully saturated rings. The Morgan fingerprint density at radius 1 is 1.35 bits per heavy atom. The lowest BCUT2D eigenvalue weighted by atomic mass is 10.5. The number of hydrogen-bond donors (Lipinski definition) is 1. The van der Waals surface area contributed by atoms with Gasteiger partial charge in [-0.3, -0.25) is 0 Å². The van der Waals surface area contributed by atoms with Crippen molar-refractivity contribution in [3.05, 3.63) is 12.7 Å². The maximum atomic E-state index is 8.35. The van der Waals surface area contributed by atoms with Crippen LogP contribution in [-0.4, -0.2) is 32.7 Å². The molecule has 0 atom stereocenters. The van der Waals surface area contributed by atoms with Gasteiger partial charge in [0.2, 0.25) is 0 Å². The molecule has 0 radical (unpaired) electrons. The first-order valence-electron chi connectivity index (χ1n) is 5.19. The average molecular weight is 232 g/mol. The van der Waals surface area contributed by atoms with Crippen LogP contribution in [0.25, 0.3) is 11.2 Å². The van der Waals surface area contributed by atoms with Gasteiger partial charge >= 0.3 is 0 Å². The van der Waals surface area contributed by atoms with Gasteiger partial charge in [-0.05, 0) is 0 Å². The van der Waals surface area contributed by atoms with E-state index >= 15 is 0 Å². The molecule has 0 aliphatic carbocycles. The van der Waals surface area contributed by atoms with Crippen LogP contribution in [0.5, 0.6) is 0 Å². The molecule has 0 saturated carbocycles. The first kappa shape index (κ1) is 11.3. The number of nitrogen functional groups attached to an aromatic ring is 1. The van der Waals surface area contributed by atoms with Gasteiger partial charge in [0.15, 0.2) is 11.5 Å². The Morgan fingerprint density at radius 3 is 3.06 bits per heavy atom. The van der Waals surface area contributed by atoms with E-state index in [2.05, 4.69) is 15.0 Å². The third kappa shape index (κ3) is 2.49. The van der Waals surface area contributed by atoms with Crippen LogP contribution in [0, 0.1) is 11.3 Å². The average Bonchev–Trinajstić information content (AvgIpc) is 2.74. The number of imidazole rings is 1. The third-order valence-electron chi connectivity index (χ3n) is 2.26. The van der Waals surface area contributed by atoms with Gasteiger partial charge in [0.1, 0.15) is 11.8 Å². The summed E-state index contributed by atoms with van der Waals surface area (Å²) in [6, 6.07) is 2.02. The predicted molar refractivity (Wildman–Crippen MR) is 60.8 cm³/mol. The van der Waals surface area contributed by atoms with E-state index < -0.39 is 0 Å². The molecule has 2 heterocycles. The van der Waals surface area contributed by atoms with E-state index in [0.717, 1.165) is 0 Å². The second-order valence-electron chi connectivity index (χ2n) is 3.39. The highest BCUT2D eigenvalue weighted by molar-refractivity contribution is 5.80. The molecule has 0 aliphatic rings. The van der Waals surface area contributed by atoms with Crippen LogP contribution >= 0.6 is 0 Å². The van der Waals surface area contributed by atoms with Gasteiger partial charge in [-0.25, -0.2) is 15.0 Å². The van der Waals surface area contributed by atoms with Crippen LogP contribution in [0.4, 0.5) is 5.82 Å². The van der Waals surface area contributed by atoms with Crippen molar-refractivity contribution in [2.45, 2.75) is 13.0 Å². The summed E-state index contributed by atoms with van der Waals surface area (Å²) in [5, 5.41) is 8.35. The highest BCUT2D eigenvalue weighted by Crippen LogP contribution is 2.13. The lowest BCUT2D eigenvalue weighted by molar-refractivity contribution is 0.132. The van der Waals surface area contributed by atoms with E-state index in [4.69, 9.17) is 15.7 Å². The molecular weight excluding hydrogens is 220 g/mol. The summed E-state index contributed by atoms with van der Waals surface area (Å²) in [6.45, 7) is 1.58. The van der Waals surface area contributed by atoms with E-state index in [-0.39, 0.29) is 0 Å². The number of fused-ring (bicyclic) bond motifs is 1. The quantitative estimate of drug-likeness (QED) is 0.745. The molecule has 0 unspecified atom stereocenters. The summed E-state index contributed by atoms with van der Waals surface area (Å²) in [6.07, 6.45) is 3.47. The summed E-state index contributed by atoms with van der Waals surface area (Å²) >= 11 is 0. The Balaban J connectivity index is 2.00. The van der Waals surface area contributed by atoms with Gasteiger partial charge in [0.25, 0.3) is 0 Å². The van der Waals surface area contributed by atoms with Crippen LogP contribution in [0.2, 0.25) is 0 Å². The van der Waals surface area contributed by atoms with Crippen LogP contribution in [-0.2, 0) is 11.3 Å². The predicted octanol–water partition coefficient (Wildman–Crippen LogP) is 0.339. The van der Waals surface area contributed by atoms with Gasteiger partial charge < -0.3 is 15.0 Å². The molecule has 0 spiro atoms. The van der Waals surface area contributed by atoms with Crippen LogP contribution in [0.15, 0.2) is 12.7 Å². The maximum absolute atomic E-state index is 8.35. The van der Waals surface area contributed by atoms with E-state index in [1.165, 1.54) is 6.33 Å². The van der Waals surface area contributed by atoms with Crippen molar-refractivity contribution in [3.63, 3.8) is 0 Å². The van der Waals surface area contributed by atoms with Crippen molar-refractivity contribution in [2.24, 2.45) is 0 Å². The zero-order valence-corrected chi connectivity index (χ0v) is 9.20. The Labute approximate surface area is 97.9 Å². The van der Waals surface area contributed by atoms with E-state index in [1.54, 1.807) is 6.33 Å². The number of rotatable bonds is 5.